The van der Waals surface area contributed by atoms with Crippen LogP contribution in [0.15, 0.2) is 30.5 Å². The molecule has 10 heteroatoms. The van der Waals surface area contributed by atoms with Crippen molar-refractivity contribution in [2.24, 2.45) is 0 Å². The van der Waals surface area contributed by atoms with Crippen LogP contribution in [0.3, 0.4) is 0 Å². The molecule has 0 aliphatic carbocycles. The van der Waals surface area contributed by atoms with E-state index in [9.17, 15) is 35.1 Å². The lowest BCUT2D eigenvalue weighted by atomic mass is 9.79. The van der Waals surface area contributed by atoms with Gasteiger partial charge in [0.1, 0.15) is 0 Å². The Bertz CT molecular complexity index is 900. The van der Waals surface area contributed by atoms with Crippen molar-refractivity contribution in [1.82, 2.24) is 4.98 Å². The lowest BCUT2D eigenvalue weighted by Gasteiger charge is -2.38. The predicted molar refractivity (Wildman–Crippen MR) is 88.4 cm³/mol. The third-order valence-electron chi connectivity index (χ3n) is 4.57. The minimum atomic E-state index is -6.78. The molecule has 1 nitrogen and oxygen atoms in total. The molecule has 0 N–H and O–H groups in total. The molecular weight excluding hydrogens is 413 g/mol. The lowest BCUT2D eigenvalue weighted by Crippen LogP contribution is -2.60. The average Bonchev–Trinajstić information content (AvgIpc) is 2.58. The van der Waals surface area contributed by atoms with Gasteiger partial charge in [-0.05, 0) is 37.5 Å². The number of hydrogen-bond donors (Lipinski definition) is 0. The van der Waals surface area contributed by atoms with Gasteiger partial charge in [-0.15, -0.1) is 0 Å². The number of aryl methyl sites for hydroxylation is 3. The summed E-state index contributed by atoms with van der Waals surface area (Å²) in [4.78, 5) is 3.84. The Hall–Kier alpha value is -2.26. The molecule has 1 aromatic carbocycles. The highest BCUT2D eigenvalue weighted by Crippen LogP contribution is 2.60. The molecule has 0 bridgehead atoms. The summed E-state index contributed by atoms with van der Waals surface area (Å²) in [5, 5.41) is 0. The Labute approximate surface area is 160 Å². The number of nitrogens with zero attached hydrogens (tertiary/aromatic N) is 1. The Balaban J connectivity index is 3.08. The van der Waals surface area contributed by atoms with Gasteiger partial charge in [0.2, 0.25) is 0 Å². The maximum atomic E-state index is 15.3. The molecule has 0 aliphatic heterocycles. The van der Waals surface area contributed by atoms with E-state index in [0.29, 0.717) is 6.07 Å². The SMILES string of the molecule is CCc1cc(C)cc(C(F)(C(F)(F)F)C(F)(F)C(F)(F)F)c1-c1cccnc1C. The molecule has 160 valence electrons. The number of alkyl halides is 9. The quantitative estimate of drug-likeness (QED) is 0.485. The van der Waals surface area contributed by atoms with E-state index in [1.165, 1.54) is 45.2 Å². The molecule has 1 heterocycles. The van der Waals surface area contributed by atoms with Gasteiger partial charge in [0.05, 0.1) is 0 Å². The molecule has 1 atom stereocenters. The first-order valence-electron chi connectivity index (χ1n) is 8.35. The maximum Gasteiger partial charge on any atom is 0.457 e. The van der Waals surface area contributed by atoms with Gasteiger partial charge in [-0.2, -0.15) is 35.1 Å². The summed E-state index contributed by atoms with van der Waals surface area (Å²) in [5.74, 6) is -6.73. The van der Waals surface area contributed by atoms with Crippen molar-refractivity contribution >= 4 is 0 Å². The first-order valence-corrected chi connectivity index (χ1v) is 8.35. The normalized spacial score (nSPS) is 15.3. The molecular formula is C19H16F9N. The van der Waals surface area contributed by atoms with Crippen LogP contribution in [0, 0.1) is 13.8 Å². The van der Waals surface area contributed by atoms with E-state index in [2.05, 4.69) is 4.98 Å². The van der Waals surface area contributed by atoms with Crippen molar-refractivity contribution in [3.05, 3.63) is 52.8 Å². The summed E-state index contributed by atoms with van der Waals surface area (Å²) in [6.07, 6.45) is -12.1. The number of benzene rings is 1. The van der Waals surface area contributed by atoms with Gasteiger partial charge in [0, 0.05) is 23.0 Å². The zero-order valence-electron chi connectivity index (χ0n) is 15.4. The Morgan fingerprint density at radius 1 is 0.862 bits per heavy atom. The fourth-order valence-corrected chi connectivity index (χ4v) is 3.17. The molecule has 0 amide bonds. The molecule has 2 aromatic rings. The summed E-state index contributed by atoms with van der Waals surface area (Å²) >= 11 is 0. The van der Waals surface area contributed by atoms with Gasteiger partial charge in [-0.1, -0.05) is 30.7 Å². The third-order valence-corrected chi connectivity index (χ3v) is 4.57. The zero-order valence-corrected chi connectivity index (χ0v) is 15.4. The van der Waals surface area contributed by atoms with Crippen molar-refractivity contribution in [3.63, 3.8) is 0 Å². The highest BCUT2D eigenvalue weighted by atomic mass is 19.4. The van der Waals surface area contributed by atoms with Gasteiger partial charge in [0.15, 0.2) is 0 Å². The van der Waals surface area contributed by atoms with E-state index in [1.807, 2.05) is 0 Å². The van der Waals surface area contributed by atoms with Crippen LogP contribution >= 0.6 is 0 Å². The van der Waals surface area contributed by atoms with E-state index in [0.717, 1.165) is 0 Å². The number of pyridine rings is 1. The highest BCUT2D eigenvalue weighted by molar-refractivity contribution is 5.75. The second-order valence-electron chi connectivity index (χ2n) is 6.56. The van der Waals surface area contributed by atoms with E-state index in [1.54, 1.807) is 0 Å². The summed E-state index contributed by atoms with van der Waals surface area (Å²) in [6, 6.07) is 4.15. The van der Waals surface area contributed by atoms with Crippen LogP contribution in [0.4, 0.5) is 39.5 Å². The van der Waals surface area contributed by atoms with Crippen LogP contribution in [0.1, 0.15) is 29.3 Å². The Morgan fingerprint density at radius 3 is 1.90 bits per heavy atom. The zero-order chi connectivity index (χ0) is 22.4. The summed E-state index contributed by atoms with van der Waals surface area (Å²) in [5.41, 5.74) is -8.69. The topological polar surface area (TPSA) is 12.9 Å². The van der Waals surface area contributed by atoms with Crippen LogP contribution in [-0.4, -0.2) is 23.3 Å². The molecule has 0 fully saturated rings. The van der Waals surface area contributed by atoms with Crippen molar-refractivity contribution in [3.8, 4) is 11.1 Å². The summed E-state index contributed by atoms with van der Waals surface area (Å²) in [6.45, 7) is 3.97. The molecule has 1 aromatic heterocycles. The van der Waals surface area contributed by atoms with E-state index < -0.39 is 35.1 Å². The smallest absolute Gasteiger partial charge is 0.261 e. The number of hydrogen-bond acceptors (Lipinski definition) is 1. The third kappa shape index (κ3) is 3.57. The predicted octanol–water partition coefficient (Wildman–Crippen LogP) is 6.85. The monoisotopic (exact) mass is 429 g/mol. The first kappa shape index (κ1) is 23.0. The fraction of sp³-hybridized carbons (Fsp3) is 0.421. The number of rotatable bonds is 4. The second-order valence-corrected chi connectivity index (χ2v) is 6.56. The van der Waals surface area contributed by atoms with Gasteiger partial charge < -0.3 is 0 Å². The van der Waals surface area contributed by atoms with Gasteiger partial charge in [-0.3, -0.25) is 4.98 Å². The van der Waals surface area contributed by atoms with E-state index in [4.69, 9.17) is 0 Å². The molecule has 0 spiro atoms. The number of aromatic nitrogens is 1. The van der Waals surface area contributed by atoms with Gasteiger partial charge in [0.25, 0.3) is 0 Å². The number of halogens is 9. The van der Waals surface area contributed by atoms with Crippen LogP contribution in [0.2, 0.25) is 0 Å². The minimum absolute atomic E-state index is 0.0136. The Kier molecular flexibility index (Phi) is 5.73. The van der Waals surface area contributed by atoms with Crippen molar-refractivity contribution in [2.75, 3.05) is 0 Å². The van der Waals surface area contributed by atoms with Crippen molar-refractivity contribution in [1.29, 1.82) is 0 Å². The lowest BCUT2D eigenvalue weighted by molar-refractivity contribution is -0.389. The van der Waals surface area contributed by atoms with Crippen LogP contribution in [0.25, 0.3) is 11.1 Å². The van der Waals surface area contributed by atoms with Crippen LogP contribution < -0.4 is 0 Å². The Morgan fingerprint density at radius 2 is 1.45 bits per heavy atom. The second kappa shape index (κ2) is 7.21. The first-order chi connectivity index (χ1) is 13.1. The molecule has 0 saturated carbocycles. The fourth-order valence-electron chi connectivity index (χ4n) is 3.17. The molecule has 0 aliphatic rings. The summed E-state index contributed by atoms with van der Waals surface area (Å²) in [7, 11) is 0. The van der Waals surface area contributed by atoms with Crippen LogP contribution in [0.5, 0.6) is 0 Å². The van der Waals surface area contributed by atoms with Crippen molar-refractivity contribution in [2.45, 2.75) is 51.1 Å². The molecule has 1 unspecified atom stereocenters. The minimum Gasteiger partial charge on any atom is -0.261 e. The standard InChI is InChI=1S/C19H16F9N/c1-4-12-8-10(2)9-14(15(12)13-6-5-7-29-11(13)3)16(20,18(23,24)25)17(21,22)19(26,27)28/h5-9H,4H2,1-3H3. The summed E-state index contributed by atoms with van der Waals surface area (Å²) < 4.78 is 123. The molecule has 2 rings (SSSR count). The maximum absolute atomic E-state index is 15.3. The molecule has 0 saturated heterocycles. The van der Waals surface area contributed by atoms with Gasteiger partial charge in [-0.25, -0.2) is 4.39 Å². The average molecular weight is 429 g/mol. The van der Waals surface area contributed by atoms with E-state index >= 15 is 4.39 Å². The largest absolute Gasteiger partial charge is 0.457 e. The molecule has 29 heavy (non-hydrogen) atoms. The highest BCUT2D eigenvalue weighted by Gasteiger charge is 2.82. The van der Waals surface area contributed by atoms with Gasteiger partial charge >= 0.3 is 23.9 Å². The van der Waals surface area contributed by atoms with Crippen molar-refractivity contribution < 1.29 is 39.5 Å². The van der Waals surface area contributed by atoms with E-state index in [-0.39, 0.29) is 28.8 Å². The molecule has 0 radical (unpaired) electrons. The van der Waals surface area contributed by atoms with Crippen LogP contribution in [-0.2, 0) is 12.1 Å².